The zero-order valence-electron chi connectivity index (χ0n) is 14.2. The van der Waals surface area contributed by atoms with Gasteiger partial charge in [-0.05, 0) is 49.3 Å². The van der Waals surface area contributed by atoms with E-state index in [0.29, 0.717) is 6.04 Å². The number of nitrogens with one attached hydrogen (secondary N) is 1. The second kappa shape index (κ2) is 7.95. The van der Waals surface area contributed by atoms with Crippen LogP contribution in [0.15, 0.2) is 24.3 Å². The van der Waals surface area contributed by atoms with Crippen LogP contribution in [0, 0.1) is 11.8 Å². The molecule has 1 aromatic rings. The van der Waals surface area contributed by atoms with E-state index in [4.69, 9.17) is 0 Å². The Bertz CT molecular complexity index is 429. The van der Waals surface area contributed by atoms with Crippen molar-refractivity contribution in [3.8, 4) is 0 Å². The number of piperidine rings is 1. The molecule has 0 radical (unpaired) electrons. The van der Waals surface area contributed by atoms with Crippen molar-refractivity contribution in [3.05, 3.63) is 35.4 Å². The number of nitrogens with zero attached hydrogens (tertiary/aromatic N) is 1. The van der Waals surface area contributed by atoms with Gasteiger partial charge in [-0.1, -0.05) is 45.0 Å². The molecule has 0 spiro atoms. The average molecular weight is 288 g/mol. The monoisotopic (exact) mass is 288 g/mol. The van der Waals surface area contributed by atoms with Crippen LogP contribution in [0.5, 0.6) is 0 Å². The molecule has 0 amide bonds. The van der Waals surface area contributed by atoms with Crippen molar-refractivity contribution < 1.29 is 0 Å². The zero-order valence-corrected chi connectivity index (χ0v) is 14.2. The van der Waals surface area contributed by atoms with Crippen molar-refractivity contribution >= 4 is 0 Å². The highest BCUT2D eigenvalue weighted by molar-refractivity contribution is 5.23. The third kappa shape index (κ3) is 4.82. The molecule has 2 rings (SSSR count). The third-order valence-electron chi connectivity index (χ3n) is 4.85. The van der Waals surface area contributed by atoms with Crippen LogP contribution in [0.3, 0.4) is 0 Å². The van der Waals surface area contributed by atoms with Gasteiger partial charge in [-0.2, -0.15) is 0 Å². The van der Waals surface area contributed by atoms with E-state index >= 15 is 0 Å². The Morgan fingerprint density at radius 3 is 2.71 bits per heavy atom. The molecular formula is C19H32N2. The molecule has 0 bridgehead atoms. The lowest BCUT2D eigenvalue weighted by molar-refractivity contribution is 0.0729. The Labute approximate surface area is 130 Å². The molecule has 1 heterocycles. The molecule has 21 heavy (non-hydrogen) atoms. The van der Waals surface area contributed by atoms with E-state index in [2.05, 4.69) is 62.2 Å². The summed E-state index contributed by atoms with van der Waals surface area (Å²) in [6, 6.07) is 9.79. The van der Waals surface area contributed by atoms with Crippen LogP contribution in [0.2, 0.25) is 0 Å². The van der Waals surface area contributed by atoms with Crippen molar-refractivity contribution in [2.75, 3.05) is 13.1 Å². The summed E-state index contributed by atoms with van der Waals surface area (Å²) in [5.41, 5.74) is 2.87. The first-order chi connectivity index (χ1) is 10.1. The summed E-state index contributed by atoms with van der Waals surface area (Å²) in [7, 11) is 0. The summed E-state index contributed by atoms with van der Waals surface area (Å²) < 4.78 is 0. The smallest absolute Gasteiger partial charge is 0.0236 e. The van der Waals surface area contributed by atoms with Gasteiger partial charge in [0.15, 0.2) is 0 Å². The Kier molecular flexibility index (Phi) is 6.25. The lowest BCUT2D eigenvalue weighted by Crippen LogP contribution is -2.45. The normalized spacial score (nSPS) is 27.0. The molecule has 0 aliphatic carbocycles. The van der Waals surface area contributed by atoms with Crippen molar-refractivity contribution in [1.82, 2.24) is 10.2 Å². The molecular weight excluding hydrogens is 256 g/mol. The molecule has 1 N–H and O–H groups in total. The summed E-state index contributed by atoms with van der Waals surface area (Å²) >= 11 is 0. The Balaban J connectivity index is 1.96. The van der Waals surface area contributed by atoms with Gasteiger partial charge in [0.1, 0.15) is 0 Å². The van der Waals surface area contributed by atoms with E-state index in [1.807, 2.05) is 0 Å². The first-order valence-corrected chi connectivity index (χ1v) is 8.62. The molecule has 118 valence electrons. The van der Waals surface area contributed by atoms with Crippen molar-refractivity contribution in [1.29, 1.82) is 0 Å². The van der Waals surface area contributed by atoms with Gasteiger partial charge in [0.05, 0.1) is 0 Å². The lowest BCUT2D eigenvalue weighted by atomic mass is 9.86. The van der Waals surface area contributed by atoms with Gasteiger partial charge in [-0.25, -0.2) is 0 Å². The second-order valence-electron chi connectivity index (χ2n) is 6.98. The van der Waals surface area contributed by atoms with E-state index in [1.54, 1.807) is 0 Å². The van der Waals surface area contributed by atoms with Gasteiger partial charge in [-0.15, -0.1) is 0 Å². The molecule has 0 aromatic heterocycles. The van der Waals surface area contributed by atoms with Crippen LogP contribution >= 0.6 is 0 Å². The van der Waals surface area contributed by atoms with Crippen LogP contribution in [-0.4, -0.2) is 24.0 Å². The largest absolute Gasteiger partial charge is 0.313 e. The number of hydrogen-bond acceptors (Lipinski definition) is 2. The highest BCUT2D eigenvalue weighted by Crippen LogP contribution is 2.28. The maximum absolute atomic E-state index is 3.49. The SMILES string of the molecule is CCCNCc1cccc(CN2CC(C)CC(C)C2C)c1. The lowest BCUT2D eigenvalue weighted by Gasteiger charge is -2.41. The molecule has 1 fully saturated rings. The van der Waals surface area contributed by atoms with Gasteiger partial charge < -0.3 is 5.32 Å². The van der Waals surface area contributed by atoms with Crippen LogP contribution in [-0.2, 0) is 13.1 Å². The highest BCUT2D eigenvalue weighted by atomic mass is 15.2. The minimum atomic E-state index is 0.697. The molecule has 2 nitrogen and oxygen atoms in total. The molecule has 1 saturated heterocycles. The molecule has 2 heteroatoms. The van der Waals surface area contributed by atoms with Crippen LogP contribution in [0.4, 0.5) is 0 Å². The highest BCUT2D eigenvalue weighted by Gasteiger charge is 2.28. The molecule has 0 saturated carbocycles. The average Bonchev–Trinajstić information content (AvgIpc) is 2.45. The van der Waals surface area contributed by atoms with E-state index in [0.717, 1.165) is 31.5 Å². The summed E-state index contributed by atoms with van der Waals surface area (Å²) in [5.74, 6) is 1.63. The second-order valence-corrected chi connectivity index (χ2v) is 6.98. The molecule has 3 atom stereocenters. The standard InChI is InChI=1S/C19H32N2/c1-5-9-20-12-18-7-6-8-19(11-18)14-21-13-15(2)10-16(3)17(21)4/h6-8,11,15-17,20H,5,9-10,12-14H2,1-4H3. The molecule has 1 aromatic carbocycles. The van der Waals surface area contributed by atoms with E-state index in [1.165, 1.54) is 30.5 Å². The predicted octanol–water partition coefficient (Wildman–Crippen LogP) is 4.05. The first-order valence-electron chi connectivity index (χ1n) is 8.62. The molecule has 1 aliphatic heterocycles. The minimum Gasteiger partial charge on any atom is -0.313 e. The number of hydrogen-bond donors (Lipinski definition) is 1. The quantitative estimate of drug-likeness (QED) is 0.794. The minimum absolute atomic E-state index is 0.697. The van der Waals surface area contributed by atoms with E-state index in [-0.39, 0.29) is 0 Å². The number of likely N-dealkylation sites (tertiary alicyclic amines) is 1. The van der Waals surface area contributed by atoms with Gasteiger partial charge in [-0.3, -0.25) is 4.90 Å². The maximum atomic E-state index is 3.49. The van der Waals surface area contributed by atoms with Crippen molar-refractivity contribution in [2.24, 2.45) is 11.8 Å². The Hall–Kier alpha value is -0.860. The van der Waals surface area contributed by atoms with Crippen LogP contribution < -0.4 is 5.32 Å². The van der Waals surface area contributed by atoms with Crippen molar-refractivity contribution in [2.45, 2.75) is 59.7 Å². The van der Waals surface area contributed by atoms with Gasteiger partial charge in [0, 0.05) is 25.7 Å². The topological polar surface area (TPSA) is 15.3 Å². The Morgan fingerprint density at radius 1 is 1.19 bits per heavy atom. The van der Waals surface area contributed by atoms with Gasteiger partial charge in [0.2, 0.25) is 0 Å². The van der Waals surface area contributed by atoms with E-state index in [9.17, 15) is 0 Å². The Morgan fingerprint density at radius 2 is 1.95 bits per heavy atom. The van der Waals surface area contributed by atoms with Crippen molar-refractivity contribution in [3.63, 3.8) is 0 Å². The fourth-order valence-corrected chi connectivity index (χ4v) is 3.52. The van der Waals surface area contributed by atoms with Crippen LogP contribution in [0.25, 0.3) is 0 Å². The summed E-state index contributed by atoms with van der Waals surface area (Å²) in [4.78, 5) is 2.66. The zero-order chi connectivity index (χ0) is 15.2. The third-order valence-corrected chi connectivity index (χ3v) is 4.85. The maximum Gasteiger partial charge on any atom is 0.0236 e. The van der Waals surface area contributed by atoms with E-state index < -0.39 is 0 Å². The fraction of sp³-hybridized carbons (Fsp3) is 0.684. The fourth-order valence-electron chi connectivity index (χ4n) is 3.52. The van der Waals surface area contributed by atoms with Gasteiger partial charge >= 0.3 is 0 Å². The van der Waals surface area contributed by atoms with Gasteiger partial charge in [0.25, 0.3) is 0 Å². The predicted molar refractivity (Wildman–Crippen MR) is 91.3 cm³/mol. The summed E-state index contributed by atoms with van der Waals surface area (Å²) in [6.45, 7) is 13.8. The van der Waals surface area contributed by atoms with Crippen LogP contribution in [0.1, 0.15) is 51.7 Å². The first kappa shape index (κ1) is 16.5. The summed E-state index contributed by atoms with van der Waals surface area (Å²) in [6.07, 6.45) is 2.57. The molecule has 1 aliphatic rings. The summed E-state index contributed by atoms with van der Waals surface area (Å²) in [5, 5.41) is 3.49. The number of rotatable bonds is 6. The molecule has 3 unspecified atom stereocenters. The number of benzene rings is 1.